The van der Waals surface area contributed by atoms with Crippen LogP contribution in [0, 0.1) is 0 Å². The average Bonchev–Trinajstić information content (AvgIpc) is 1.78. The van der Waals surface area contributed by atoms with E-state index in [0.717, 1.165) is 0 Å². The maximum atomic E-state index is 9.91. The molecule has 0 aliphatic heterocycles. The summed E-state index contributed by atoms with van der Waals surface area (Å²) >= 11 is 0. The molecular weight excluding hydrogens is 161 g/mol. The Balaban J connectivity index is 3.13. The van der Waals surface area contributed by atoms with Crippen LogP contribution in [0.3, 0.4) is 0 Å². The monoisotopic (exact) mass is 171 g/mol. The van der Waals surface area contributed by atoms with E-state index in [-0.39, 0.29) is 6.61 Å². The lowest BCUT2D eigenvalue weighted by atomic mass is 10.5. The molecule has 0 aliphatic carbocycles. The van der Waals surface area contributed by atoms with Gasteiger partial charge in [-0.05, 0) is 13.0 Å². The SMILES string of the molecule is NCCCOOP(=O)(O)O. The normalized spacial score (nSPS) is 11.9. The van der Waals surface area contributed by atoms with E-state index >= 15 is 0 Å². The van der Waals surface area contributed by atoms with Gasteiger partial charge in [-0.2, -0.15) is 0 Å². The Morgan fingerprint density at radius 1 is 1.50 bits per heavy atom. The summed E-state index contributed by atoms with van der Waals surface area (Å²) in [6.45, 7) is 0.478. The van der Waals surface area contributed by atoms with Crippen LogP contribution in [0.4, 0.5) is 0 Å². The summed E-state index contributed by atoms with van der Waals surface area (Å²) in [5, 5.41) is 0. The van der Waals surface area contributed by atoms with Crippen molar-refractivity contribution in [3.8, 4) is 0 Å². The number of hydrogen-bond acceptors (Lipinski definition) is 4. The third kappa shape index (κ3) is 8.03. The first-order valence-electron chi connectivity index (χ1n) is 2.63. The Labute approximate surface area is 58.1 Å². The molecule has 0 fully saturated rings. The smallest absolute Gasteiger partial charge is 0.330 e. The minimum atomic E-state index is -4.47. The van der Waals surface area contributed by atoms with Gasteiger partial charge in [0.2, 0.25) is 0 Å². The molecular formula is C3H10NO5P. The van der Waals surface area contributed by atoms with E-state index in [2.05, 4.69) is 9.56 Å². The van der Waals surface area contributed by atoms with Gasteiger partial charge in [-0.15, -0.1) is 4.67 Å². The van der Waals surface area contributed by atoms with Gasteiger partial charge in [-0.3, -0.25) is 0 Å². The maximum Gasteiger partial charge on any atom is 0.496 e. The van der Waals surface area contributed by atoms with Crippen LogP contribution in [-0.4, -0.2) is 22.9 Å². The molecule has 4 N–H and O–H groups in total. The molecule has 0 amide bonds. The van der Waals surface area contributed by atoms with Crippen LogP contribution in [0.15, 0.2) is 0 Å². The van der Waals surface area contributed by atoms with Crippen molar-refractivity contribution in [1.82, 2.24) is 0 Å². The molecule has 0 aliphatic rings. The molecule has 0 spiro atoms. The second kappa shape index (κ2) is 4.79. The van der Waals surface area contributed by atoms with E-state index in [1.54, 1.807) is 0 Å². The highest BCUT2D eigenvalue weighted by Crippen LogP contribution is 2.35. The molecule has 0 aromatic carbocycles. The summed E-state index contributed by atoms with van der Waals surface area (Å²) in [5.41, 5.74) is 5.05. The van der Waals surface area contributed by atoms with E-state index in [4.69, 9.17) is 15.5 Å². The number of nitrogens with two attached hydrogens (primary N) is 1. The first-order valence-corrected chi connectivity index (χ1v) is 4.16. The van der Waals surface area contributed by atoms with E-state index < -0.39 is 7.82 Å². The predicted molar refractivity (Wildman–Crippen MR) is 32.8 cm³/mol. The molecule has 0 aromatic rings. The quantitative estimate of drug-likeness (QED) is 0.220. The van der Waals surface area contributed by atoms with Gasteiger partial charge in [0.05, 0.1) is 6.61 Å². The molecule has 0 saturated heterocycles. The Morgan fingerprint density at radius 2 is 2.10 bits per heavy atom. The predicted octanol–water partition coefficient (Wildman–Crippen LogP) is -0.624. The zero-order valence-corrected chi connectivity index (χ0v) is 6.16. The number of rotatable bonds is 5. The van der Waals surface area contributed by atoms with Gasteiger partial charge in [0.1, 0.15) is 0 Å². The third-order valence-electron chi connectivity index (χ3n) is 0.582. The molecule has 10 heavy (non-hydrogen) atoms. The van der Waals surface area contributed by atoms with Gasteiger partial charge >= 0.3 is 7.82 Å². The summed E-state index contributed by atoms with van der Waals surface area (Å²) < 4.78 is 13.6. The molecule has 0 atom stereocenters. The lowest BCUT2D eigenvalue weighted by Gasteiger charge is -2.02. The Hall–Kier alpha value is 0.0300. The fourth-order valence-corrected chi connectivity index (χ4v) is 0.460. The molecule has 0 unspecified atom stereocenters. The van der Waals surface area contributed by atoms with Crippen molar-refractivity contribution >= 4 is 7.82 Å². The minimum absolute atomic E-state index is 0.0849. The lowest BCUT2D eigenvalue weighted by molar-refractivity contribution is -0.221. The van der Waals surface area contributed by atoms with Crippen molar-refractivity contribution in [3.63, 3.8) is 0 Å². The molecule has 0 saturated carbocycles. The fourth-order valence-electron chi connectivity index (χ4n) is 0.248. The van der Waals surface area contributed by atoms with Crippen molar-refractivity contribution in [2.45, 2.75) is 6.42 Å². The zero-order valence-electron chi connectivity index (χ0n) is 5.27. The second-order valence-corrected chi connectivity index (χ2v) is 2.66. The number of phosphoric acid groups is 1. The molecule has 0 rings (SSSR count). The topological polar surface area (TPSA) is 102 Å². The van der Waals surface area contributed by atoms with Crippen LogP contribution < -0.4 is 5.73 Å². The minimum Gasteiger partial charge on any atom is -0.330 e. The van der Waals surface area contributed by atoms with Crippen molar-refractivity contribution in [2.24, 2.45) is 5.73 Å². The van der Waals surface area contributed by atoms with Crippen LogP contribution >= 0.6 is 7.82 Å². The van der Waals surface area contributed by atoms with Crippen molar-refractivity contribution < 1.29 is 23.9 Å². The van der Waals surface area contributed by atoms with Gasteiger partial charge in [-0.25, -0.2) is 9.45 Å². The Kier molecular flexibility index (Phi) is 4.80. The summed E-state index contributed by atoms with van der Waals surface area (Å²) in [4.78, 5) is 20.2. The van der Waals surface area contributed by atoms with Gasteiger partial charge in [-0.1, -0.05) is 0 Å². The fraction of sp³-hybridized carbons (Fsp3) is 1.00. The second-order valence-electron chi connectivity index (χ2n) is 1.53. The van der Waals surface area contributed by atoms with E-state index in [9.17, 15) is 4.57 Å². The highest BCUT2D eigenvalue weighted by Gasteiger charge is 2.14. The summed E-state index contributed by atoms with van der Waals surface area (Å²) in [5.74, 6) is 0. The van der Waals surface area contributed by atoms with Gasteiger partial charge in [0.25, 0.3) is 0 Å². The van der Waals surface area contributed by atoms with Gasteiger partial charge in [0, 0.05) is 0 Å². The Morgan fingerprint density at radius 3 is 2.50 bits per heavy atom. The largest absolute Gasteiger partial charge is 0.496 e. The summed E-state index contributed by atoms with van der Waals surface area (Å²) in [6.07, 6.45) is 0.500. The van der Waals surface area contributed by atoms with Crippen molar-refractivity contribution in [3.05, 3.63) is 0 Å². The molecule has 0 bridgehead atoms. The van der Waals surface area contributed by atoms with E-state index in [0.29, 0.717) is 13.0 Å². The molecule has 7 heteroatoms. The summed E-state index contributed by atoms with van der Waals surface area (Å²) in [6, 6.07) is 0. The molecule has 62 valence electrons. The van der Waals surface area contributed by atoms with E-state index in [1.807, 2.05) is 0 Å². The molecule has 0 heterocycles. The van der Waals surface area contributed by atoms with Crippen molar-refractivity contribution in [2.75, 3.05) is 13.2 Å². The van der Waals surface area contributed by atoms with Gasteiger partial charge < -0.3 is 15.5 Å². The summed E-state index contributed by atoms with van der Waals surface area (Å²) in [7, 11) is -4.47. The van der Waals surface area contributed by atoms with Crippen molar-refractivity contribution in [1.29, 1.82) is 0 Å². The maximum absolute atomic E-state index is 9.91. The van der Waals surface area contributed by atoms with Gasteiger partial charge in [0.15, 0.2) is 0 Å². The number of hydrogen-bond donors (Lipinski definition) is 3. The molecule has 0 radical (unpaired) electrons. The lowest BCUT2D eigenvalue weighted by Crippen LogP contribution is -2.04. The average molecular weight is 171 g/mol. The van der Waals surface area contributed by atoms with Crippen LogP contribution in [0.5, 0.6) is 0 Å². The first kappa shape index (κ1) is 10.0. The zero-order chi connectivity index (χ0) is 8.04. The van der Waals surface area contributed by atoms with Crippen LogP contribution in [-0.2, 0) is 14.1 Å². The standard InChI is InChI=1S/C3H10NO5P/c4-2-1-3-8-9-10(5,6)7/h1-4H2,(H2,5,6,7). The van der Waals surface area contributed by atoms with Crippen LogP contribution in [0.25, 0.3) is 0 Å². The third-order valence-corrected chi connectivity index (χ3v) is 0.881. The van der Waals surface area contributed by atoms with Crippen LogP contribution in [0.2, 0.25) is 0 Å². The first-order chi connectivity index (χ1) is 4.56. The molecule has 6 nitrogen and oxygen atoms in total. The van der Waals surface area contributed by atoms with Crippen LogP contribution in [0.1, 0.15) is 6.42 Å². The Bertz CT molecular complexity index is 122. The highest BCUT2D eigenvalue weighted by atomic mass is 31.2. The van der Waals surface area contributed by atoms with E-state index in [1.165, 1.54) is 0 Å². The highest BCUT2D eigenvalue weighted by molar-refractivity contribution is 7.46. The molecule has 0 aromatic heterocycles.